The van der Waals surface area contributed by atoms with Crippen molar-refractivity contribution in [2.75, 3.05) is 52.7 Å². The fourth-order valence-corrected chi connectivity index (χ4v) is 1.44. The molecule has 0 aromatic rings. The van der Waals surface area contributed by atoms with Gasteiger partial charge in [-0.2, -0.15) is 0 Å². The van der Waals surface area contributed by atoms with Gasteiger partial charge in [0, 0.05) is 6.61 Å². The molecule has 0 saturated heterocycles. The van der Waals surface area contributed by atoms with E-state index in [1.165, 1.54) is 0 Å². The molecule has 0 saturated carbocycles. The SMILES string of the molecule is CCNCCCOCCOCCOCC(=O)OC(C)(C)C. The molecule has 0 radical (unpaired) electrons. The zero-order valence-corrected chi connectivity index (χ0v) is 13.9. The van der Waals surface area contributed by atoms with Crippen molar-refractivity contribution in [2.45, 2.75) is 39.7 Å². The predicted molar refractivity (Wildman–Crippen MR) is 81.5 cm³/mol. The van der Waals surface area contributed by atoms with Crippen molar-refractivity contribution in [3.63, 3.8) is 0 Å². The minimum Gasteiger partial charge on any atom is -0.458 e. The Balaban J connectivity index is 3.17. The number of rotatable bonds is 13. The third-order valence-corrected chi connectivity index (χ3v) is 2.28. The van der Waals surface area contributed by atoms with Gasteiger partial charge in [0.05, 0.1) is 26.4 Å². The van der Waals surface area contributed by atoms with Gasteiger partial charge in [0.25, 0.3) is 0 Å². The van der Waals surface area contributed by atoms with Crippen LogP contribution in [0.1, 0.15) is 34.1 Å². The first-order chi connectivity index (χ1) is 9.95. The number of hydrogen-bond donors (Lipinski definition) is 1. The molecule has 0 amide bonds. The van der Waals surface area contributed by atoms with Gasteiger partial charge in [0.15, 0.2) is 0 Å². The average Bonchev–Trinajstić information content (AvgIpc) is 2.38. The molecule has 6 heteroatoms. The van der Waals surface area contributed by atoms with Gasteiger partial charge in [-0.1, -0.05) is 6.92 Å². The van der Waals surface area contributed by atoms with Crippen molar-refractivity contribution in [3.8, 4) is 0 Å². The molecule has 0 aliphatic carbocycles. The molecular formula is C15H31NO5. The van der Waals surface area contributed by atoms with Gasteiger partial charge in [0.2, 0.25) is 0 Å². The first-order valence-electron chi connectivity index (χ1n) is 7.61. The summed E-state index contributed by atoms with van der Waals surface area (Å²) in [6.07, 6.45) is 1.01. The topological polar surface area (TPSA) is 66.0 Å². The van der Waals surface area contributed by atoms with E-state index >= 15 is 0 Å². The molecule has 0 atom stereocenters. The Morgan fingerprint density at radius 1 is 0.952 bits per heavy atom. The highest BCUT2D eigenvalue weighted by Gasteiger charge is 2.15. The van der Waals surface area contributed by atoms with E-state index in [4.69, 9.17) is 18.9 Å². The number of carbonyl (C=O) groups excluding carboxylic acids is 1. The number of ether oxygens (including phenoxy) is 4. The second-order valence-electron chi connectivity index (χ2n) is 5.57. The summed E-state index contributed by atoms with van der Waals surface area (Å²) >= 11 is 0. The van der Waals surface area contributed by atoms with Gasteiger partial charge >= 0.3 is 5.97 Å². The summed E-state index contributed by atoms with van der Waals surface area (Å²) in [5.74, 6) is -0.355. The lowest BCUT2D eigenvalue weighted by Gasteiger charge is -2.19. The molecule has 0 aromatic heterocycles. The summed E-state index contributed by atoms with van der Waals surface area (Å²) in [5.41, 5.74) is -0.471. The van der Waals surface area contributed by atoms with E-state index in [9.17, 15) is 4.79 Å². The highest BCUT2D eigenvalue weighted by atomic mass is 16.6. The normalized spacial score (nSPS) is 11.6. The Morgan fingerprint density at radius 2 is 1.52 bits per heavy atom. The number of nitrogens with one attached hydrogen (secondary N) is 1. The molecule has 6 nitrogen and oxygen atoms in total. The summed E-state index contributed by atoms with van der Waals surface area (Å²) in [4.78, 5) is 11.3. The lowest BCUT2D eigenvalue weighted by molar-refractivity contribution is -0.160. The second-order valence-corrected chi connectivity index (χ2v) is 5.57. The molecule has 0 fully saturated rings. The fourth-order valence-electron chi connectivity index (χ4n) is 1.44. The third-order valence-electron chi connectivity index (χ3n) is 2.28. The van der Waals surface area contributed by atoms with E-state index in [0.717, 1.165) is 26.1 Å². The van der Waals surface area contributed by atoms with Crippen LogP contribution >= 0.6 is 0 Å². The third kappa shape index (κ3) is 17.3. The average molecular weight is 305 g/mol. The lowest BCUT2D eigenvalue weighted by atomic mass is 10.2. The molecule has 0 aliphatic rings. The molecule has 126 valence electrons. The maximum absolute atomic E-state index is 11.3. The molecule has 0 aromatic carbocycles. The molecule has 0 aliphatic heterocycles. The quantitative estimate of drug-likeness (QED) is 0.409. The van der Waals surface area contributed by atoms with E-state index < -0.39 is 5.60 Å². The monoisotopic (exact) mass is 305 g/mol. The van der Waals surface area contributed by atoms with Gasteiger partial charge < -0.3 is 24.3 Å². The minimum atomic E-state index is -0.471. The highest BCUT2D eigenvalue weighted by Crippen LogP contribution is 2.06. The van der Waals surface area contributed by atoms with Crippen LogP contribution < -0.4 is 5.32 Å². The second kappa shape index (κ2) is 13.0. The van der Waals surface area contributed by atoms with Crippen LogP contribution in [-0.2, 0) is 23.7 Å². The summed E-state index contributed by atoms with van der Waals surface area (Å²) in [6, 6.07) is 0. The van der Waals surface area contributed by atoms with Gasteiger partial charge in [0.1, 0.15) is 12.2 Å². The minimum absolute atomic E-state index is 0.0401. The van der Waals surface area contributed by atoms with Gasteiger partial charge in [-0.3, -0.25) is 0 Å². The van der Waals surface area contributed by atoms with E-state index in [1.54, 1.807) is 0 Å². The van der Waals surface area contributed by atoms with Crippen LogP contribution in [0.4, 0.5) is 0 Å². The van der Waals surface area contributed by atoms with Crippen LogP contribution in [-0.4, -0.2) is 64.3 Å². The summed E-state index contributed by atoms with van der Waals surface area (Å²) < 4.78 is 21.0. The Labute approximate surface area is 128 Å². The van der Waals surface area contributed by atoms with Crippen molar-refractivity contribution in [1.82, 2.24) is 5.32 Å². The first kappa shape index (κ1) is 20.3. The van der Waals surface area contributed by atoms with E-state index in [0.29, 0.717) is 26.4 Å². The zero-order chi connectivity index (χ0) is 16.0. The maximum atomic E-state index is 11.3. The molecule has 0 unspecified atom stereocenters. The van der Waals surface area contributed by atoms with E-state index in [2.05, 4.69) is 12.2 Å². The van der Waals surface area contributed by atoms with Crippen molar-refractivity contribution in [3.05, 3.63) is 0 Å². The first-order valence-corrected chi connectivity index (χ1v) is 7.61. The van der Waals surface area contributed by atoms with Crippen molar-refractivity contribution >= 4 is 5.97 Å². The van der Waals surface area contributed by atoms with Crippen LogP contribution in [0, 0.1) is 0 Å². The van der Waals surface area contributed by atoms with Crippen LogP contribution in [0.2, 0.25) is 0 Å². The zero-order valence-electron chi connectivity index (χ0n) is 13.9. The standard InChI is InChI=1S/C15H31NO5/c1-5-16-7-6-8-18-9-10-19-11-12-20-13-14(17)21-15(2,3)4/h16H,5-13H2,1-4H3. The predicted octanol–water partition coefficient (Wildman–Crippen LogP) is 1.38. The van der Waals surface area contributed by atoms with Gasteiger partial charge in [-0.05, 0) is 40.3 Å². The maximum Gasteiger partial charge on any atom is 0.332 e. The summed E-state index contributed by atoms with van der Waals surface area (Å²) in [7, 11) is 0. The Bertz CT molecular complexity index is 253. The van der Waals surface area contributed by atoms with Crippen LogP contribution in [0.25, 0.3) is 0 Å². The number of hydrogen-bond acceptors (Lipinski definition) is 6. The highest BCUT2D eigenvalue weighted by molar-refractivity contribution is 5.71. The molecule has 0 spiro atoms. The molecular weight excluding hydrogens is 274 g/mol. The number of carbonyl (C=O) groups is 1. The molecule has 0 bridgehead atoms. The van der Waals surface area contributed by atoms with Gasteiger partial charge in [-0.25, -0.2) is 4.79 Å². The summed E-state index contributed by atoms with van der Waals surface area (Å²) in [5, 5.41) is 3.23. The Kier molecular flexibility index (Phi) is 12.6. The smallest absolute Gasteiger partial charge is 0.332 e. The Hall–Kier alpha value is -0.690. The van der Waals surface area contributed by atoms with Crippen molar-refractivity contribution in [1.29, 1.82) is 0 Å². The molecule has 0 heterocycles. The lowest BCUT2D eigenvalue weighted by Crippen LogP contribution is -2.27. The summed E-state index contributed by atoms with van der Waals surface area (Å²) in [6.45, 7) is 12.2. The van der Waals surface area contributed by atoms with Gasteiger partial charge in [-0.15, -0.1) is 0 Å². The molecule has 21 heavy (non-hydrogen) atoms. The number of esters is 1. The molecule has 1 N–H and O–H groups in total. The molecule has 0 rings (SSSR count). The van der Waals surface area contributed by atoms with Crippen molar-refractivity contribution in [2.24, 2.45) is 0 Å². The van der Waals surface area contributed by atoms with Crippen molar-refractivity contribution < 1.29 is 23.7 Å². The van der Waals surface area contributed by atoms with Crippen LogP contribution in [0.15, 0.2) is 0 Å². The largest absolute Gasteiger partial charge is 0.458 e. The van der Waals surface area contributed by atoms with Crippen LogP contribution in [0.5, 0.6) is 0 Å². The fraction of sp³-hybridized carbons (Fsp3) is 0.933. The van der Waals surface area contributed by atoms with E-state index in [1.807, 2.05) is 20.8 Å². The Morgan fingerprint density at radius 3 is 2.10 bits per heavy atom. The van der Waals surface area contributed by atoms with Crippen LogP contribution in [0.3, 0.4) is 0 Å². The van der Waals surface area contributed by atoms with E-state index in [-0.39, 0.29) is 12.6 Å².